The number of hydrogen-bond donors (Lipinski definition) is 5. The quantitative estimate of drug-likeness (QED) is 0.285. The summed E-state index contributed by atoms with van der Waals surface area (Å²) in [7, 11) is 0. The van der Waals surface area contributed by atoms with Gasteiger partial charge in [-0.25, -0.2) is 4.98 Å². The molecule has 2 rings (SSSR count). The number of nitrogens with zero attached hydrogens (tertiary/aromatic N) is 2. The molecule has 1 aromatic heterocycles. The third-order valence-corrected chi connectivity index (χ3v) is 3.87. The maximum atomic E-state index is 11.9. The molecule has 0 spiro atoms. The standard InChI is InChI=1S/C13H19N5O3/c1-6-8(4-19)10(20)3-9(6)18-5-16-11(7(18)2)12(21)17-13(14)15/h5,8-10,19-20H,1,3-4H2,2H3,(H4,14,15,17,21)/t8-,9-,10-/m0/s1. The minimum Gasteiger partial charge on any atom is -0.396 e. The second-order valence-corrected chi connectivity index (χ2v) is 5.14. The Morgan fingerprint density at radius 2 is 2.38 bits per heavy atom. The molecule has 1 amide bonds. The normalized spacial score (nSPS) is 25.1. The van der Waals surface area contributed by atoms with Gasteiger partial charge in [0.05, 0.1) is 25.1 Å². The van der Waals surface area contributed by atoms with Gasteiger partial charge < -0.3 is 20.5 Å². The van der Waals surface area contributed by atoms with Crippen LogP contribution < -0.4 is 11.1 Å². The molecule has 3 atom stereocenters. The van der Waals surface area contributed by atoms with Crippen molar-refractivity contribution in [3.8, 4) is 0 Å². The molecule has 6 N–H and O–H groups in total. The summed E-state index contributed by atoms with van der Waals surface area (Å²) in [5.74, 6) is -1.37. The Bertz CT molecular complexity index is 595. The minimum atomic E-state index is -0.663. The van der Waals surface area contributed by atoms with Crippen molar-refractivity contribution in [2.45, 2.75) is 25.5 Å². The van der Waals surface area contributed by atoms with E-state index in [1.807, 2.05) is 0 Å². The van der Waals surface area contributed by atoms with E-state index >= 15 is 0 Å². The first-order valence-electron chi connectivity index (χ1n) is 6.53. The van der Waals surface area contributed by atoms with Gasteiger partial charge in [-0.05, 0) is 18.9 Å². The Kier molecular flexibility index (Phi) is 4.10. The van der Waals surface area contributed by atoms with Crippen LogP contribution in [0.3, 0.4) is 0 Å². The molecular weight excluding hydrogens is 274 g/mol. The van der Waals surface area contributed by atoms with Crippen LogP contribution in [0.1, 0.15) is 28.6 Å². The van der Waals surface area contributed by atoms with E-state index in [4.69, 9.17) is 11.1 Å². The smallest absolute Gasteiger partial charge is 0.278 e. The summed E-state index contributed by atoms with van der Waals surface area (Å²) >= 11 is 0. The van der Waals surface area contributed by atoms with Crippen LogP contribution in [0, 0.1) is 18.3 Å². The highest BCUT2D eigenvalue weighted by Gasteiger charge is 2.38. The Morgan fingerprint density at radius 3 is 2.90 bits per heavy atom. The van der Waals surface area contributed by atoms with Crippen LogP contribution in [0.15, 0.2) is 18.5 Å². The Balaban J connectivity index is 2.27. The number of rotatable bonds is 3. The first-order chi connectivity index (χ1) is 9.86. The number of amides is 1. The minimum absolute atomic E-state index is 0.165. The van der Waals surface area contributed by atoms with Gasteiger partial charge in [-0.2, -0.15) is 0 Å². The second-order valence-electron chi connectivity index (χ2n) is 5.14. The van der Waals surface area contributed by atoms with Crippen molar-refractivity contribution in [2.24, 2.45) is 11.7 Å². The first-order valence-corrected chi connectivity index (χ1v) is 6.53. The van der Waals surface area contributed by atoms with Gasteiger partial charge in [0, 0.05) is 11.6 Å². The van der Waals surface area contributed by atoms with Gasteiger partial charge in [-0.15, -0.1) is 0 Å². The predicted molar refractivity (Wildman–Crippen MR) is 75.7 cm³/mol. The number of nitrogens with two attached hydrogens (primary N) is 1. The summed E-state index contributed by atoms with van der Waals surface area (Å²) in [6.45, 7) is 5.49. The van der Waals surface area contributed by atoms with Crippen LogP contribution in [0.25, 0.3) is 0 Å². The molecular formula is C13H19N5O3. The van der Waals surface area contributed by atoms with Crippen molar-refractivity contribution < 1.29 is 15.0 Å². The fourth-order valence-corrected chi connectivity index (χ4v) is 2.71. The van der Waals surface area contributed by atoms with Crippen LogP contribution in [-0.2, 0) is 0 Å². The van der Waals surface area contributed by atoms with Crippen molar-refractivity contribution in [3.05, 3.63) is 29.9 Å². The fourth-order valence-electron chi connectivity index (χ4n) is 2.71. The van der Waals surface area contributed by atoms with Gasteiger partial charge in [0.2, 0.25) is 0 Å². The summed E-state index contributed by atoms with van der Waals surface area (Å²) in [4.78, 5) is 15.9. The van der Waals surface area contributed by atoms with Crippen LogP contribution >= 0.6 is 0 Å². The van der Waals surface area contributed by atoms with Crippen molar-refractivity contribution in [1.29, 1.82) is 5.41 Å². The molecule has 21 heavy (non-hydrogen) atoms. The average Bonchev–Trinajstić information content (AvgIpc) is 2.89. The van der Waals surface area contributed by atoms with Crippen molar-refractivity contribution >= 4 is 11.9 Å². The van der Waals surface area contributed by atoms with E-state index in [0.717, 1.165) is 0 Å². The molecule has 1 fully saturated rings. The van der Waals surface area contributed by atoms with Gasteiger partial charge >= 0.3 is 0 Å². The predicted octanol–water partition coefficient (Wildman–Crippen LogP) is -0.715. The highest BCUT2D eigenvalue weighted by Crippen LogP contribution is 2.39. The van der Waals surface area contributed by atoms with Gasteiger partial charge in [-0.1, -0.05) is 6.58 Å². The lowest BCUT2D eigenvalue weighted by atomic mass is 10.0. The Morgan fingerprint density at radius 1 is 1.71 bits per heavy atom. The third-order valence-electron chi connectivity index (χ3n) is 3.87. The number of carbonyl (C=O) groups excluding carboxylic acids is 1. The molecule has 0 bridgehead atoms. The molecule has 1 aliphatic rings. The number of hydrogen-bond acceptors (Lipinski definition) is 5. The SMILES string of the molecule is C=C1[C@H](CO)[C@@H](O)C[C@@H]1n1cnc(C(=O)NC(=N)N)c1C. The van der Waals surface area contributed by atoms with Crippen LogP contribution in [0.2, 0.25) is 0 Å². The number of imidazole rings is 1. The maximum Gasteiger partial charge on any atom is 0.278 e. The van der Waals surface area contributed by atoms with E-state index in [1.54, 1.807) is 11.5 Å². The van der Waals surface area contributed by atoms with E-state index in [9.17, 15) is 15.0 Å². The van der Waals surface area contributed by atoms with E-state index < -0.39 is 18.0 Å². The van der Waals surface area contributed by atoms with Crippen LogP contribution in [0.4, 0.5) is 0 Å². The highest BCUT2D eigenvalue weighted by molar-refractivity contribution is 6.03. The third kappa shape index (κ3) is 2.67. The van der Waals surface area contributed by atoms with Crippen LogP contribution in [0.5, 0.6) is 0 Å². The molecule has 8 heteroatoms. The summed E-state index contributed by atoms with van der Waals surface area (Å²) in [6, 6.07) is -0.219. The lowest BCUT2D eigenvalue weighted by Gasteiger charge is -2.17. The molecule has 8 nitrogen and oxygen atoms in total. The molecule has 114 valence electrons. The van der Waals surface area contributed by atoms with Crippen molar-refractivity contribution in [2.75, 3.05) is 6.61 Å². The average molecular weight is 293 g/mol. The number of carbonyl (C=O) groups is 1. The lowest BCUT2D eigenvalue weighted by Crippen LogP contribution is -2.36. The van der Waals surface area contributed by atoms with Crippen molar-refractivity contribution in [1.82, 2.24) is 14.9 Å². The largest absolute Gasteiger partial charge is 0.396 e. The van der Waals surface area contributed by atoms with E-state index in [0.29, 0.717) is 17.7 Å². The zero-order chi connectivity index (χ0) is 15.7. The summed E-state index contributed by atoms with van der Waals surface area (Å²) < 4.78 is 1.75. The van der Waals surface area contributed by atoms with E-state index in [1.165, 1.54) is 6.33 Å². The topological polar surface area (TPSA) is 137 Å². The number of aromatic nitrogens is 2. The van der Waals surface area contributed by atoms with Gasteiger partial charge in [-0.3, -0.25) is 15.5 Å². The Hall–Kier alpha value is -2.19. The van der Waals surface area contributed by atoms with E-state index in [2.05, 4.69) is 16.9 Å². The molecule has 0 radical (unpaired) electrons. The molecule has 0 aliphatic heterocycles. The summed E-state index contributed by atoms with van der Waals surface area (Å²) in [5.41, 5.74) is 6.60. The maximum absolute atomic E-state index is 11.9. The lowest BCUT2D eigenvalue weighted by molar-refractivity contribution is 0.0971. The summed E-state index contributed by atoms with van der Waals surface area (Å²) in [6.07, 6.45) is 1.24. The molecule has 0 saturated heterocycles. The highest BCUT2D eigenvalue weighted by atomic mass is 16.3. The monoisotopic (exact) mass is 293 g/mol. The fraction of sp³-hybridized carbons (Fsp3) is 0.462. The number of nitrogens with one attached hydrogen (secondary N) is 2. The first kappa shape index (κ1) is 15.2. The molecule has 1 heterocycles. The summed E-state index contributed by atoms with van der Waals surface area (Å²) in [5, 5.41) is 28.5. The number of guanidine groups is 1. The molecule has 1 aromatic rings. The molecule has 0 unspecified atom stereocenters. The molecule has 1 aliphatic carbocycles. The van der Waals surface area contributed by atoms with Gasteiger partial charge in [0.15, 0.2) is 5.96 Å². The van der Waals surface area contributed by atoms with Crippen molar-refractivity contribution in [3.63, 3.8) is 0 Å². The molecule has 0 aromatic carbocycles. The van der Waals surface area contributed by atoms with E-state index in [-0.39, 0.29) is 24.3 Å². The van der Waals surface area contributed by atoms with Gasteiger partial charge in [0.1, 0.15) is 5.69 Å². The zero-order valence-electron chi connectivity index (χ0n) is 11.7. The zero-order valence-corrected chi connectivity index (χ0v) is 11.7. The number of aliphatic hydroxyl groups excluding tert-OH is 2. The Labute approximate surface area is 121 Å². The second kappa shape index (κ2) is 5.66. The van der Waals surface area contributed by atoms with Crippen LogP contribution in [-0.4, -0.2) is 44.3 Å². The van der Waals surface area contributed by atoms with Gasteiger partial charge in [0.25, 0.3) is 5.91 Å². The molecule has 1 saturated carbocycles. The number of aliphatic hydroxyl groups is 2.